The van der Waals surface area contributed by atoms with Crippen LogP contribution in [-0.4, -0.2) is 36.6 Å². The Kier molecular flexibility index (Phi) is 6.20. The van der Waals surface area contributed by atoms with Crippen molar-refractivity contribution in [2.75, 3.05) is 32.1 Å². The first-order chi connectivity index (χ1) is 12.0. The molecule has 0 aliphatic carbocycles. The van der Waals surface area contributed by atoms with E-state index in [0.29, 0.717) is 10.9 Å². The van der Waals surface area contributed by atoms with Crippen LogP contribution in [0.5, 0.6) is 5.75 Å². The molecule has 134 valence electrons. The van der Waals surface area contributed by atoms with Gasteiger partial charge < -0.3 is 15.0 Å². The fourth-order valence-electron chi connectivity index (χ4n) is 2.92. The van der Waals surface area contributed by atoms with Crippen LogP contribution in [0.25, 0.3) is 0 Å². The third-order valence-electron chi connectivity index (χ3n) is 4.49. The molecule has 1 aliphatic rings. The van der Waals surface area contributed by atoms with Crippen LogP contribution < -0.4 is 10.1 Å². The number of nitrogens with one attached hydrogen (secondary N) is 1. The molecule has 2 aromatic rings. The zero-order chi connectivity index (χ0) is 17.8. The molecule has 25 heavy (non-hydrogen) atoms. The van der Waals surface area contributed by atoms with Crippen molar-refractivity contribution in [1.29, 1.82) is 0 Å². The number of aryl methyl sites for hydroxylation is 1. The molecule has 1 fully saturated rings. The summed E-state index contributed by atoms with van der Waals surface area (Å²) in [6.45, 7) is 5.02. The minimum atomic E-state index is 0.601. The molecular formula is C19H23BrClN3O. The van der Waals surface area contributed by atoms with Crippen LogP contribution in [-0.2, 0) is 0 Å². The molecule has 0 bridgehead atoms. The van der Waals surface area contributed by atoms with E-state index in [1.54, 1.807) is 0 Å². The number of aromatic nitrogens is 1. The molecule has 1 aromatic carbocycles. The Morgan fingerprint density at radius 3 is 2.80 bits per heavy atom. The van der Waals surface area contributed by atoms with Crippen molar-refractivity contribution >= 4 is 39.0 Å². The van der Waals surface area contributed by atoms with Crippen molar-refractivity contribution in [3.8, 4) is 5.75 Å². The van der Waals surface area contributed by atoms with Gasteiger partial charge in [0.05, 0.1) is 16.8 Å². The van der Waals surface area contributed by atoms with Gasteiger partial charge >= 0.3 is 0 Å². The fraction of sp³-hybridized carbons (Fsp3) is 0.421. The summed E-state index contributed by atoms with van der Waals surface area (Å²) >= 11 is 9.73. The first-order valence-electron chi connectivity index (χ1n) is 8.51. The number of halogens is 2. The number of hydrogen-bond donors (Lipinski definition) is 1. The Bertz CT molecular complexity index is 733. The Morgan fingerprint density at radius 2 is 2.08 bits per heavy atom. The minimum Gasteiger partial charge on any atom is -0.491 e. The predicted octanol–water partition coefficient (Wildman–Crippen LogP) is 5.27. The lowest BCUT2D eigenvalue weighted by molar-refractivity contribution is 0.160. The summed E-state index contributed by atoms with van der Waals surface area (Å²) in [6, 6.07) is 7.68. The maximum Gasteiger partial charge on any atom is 0.144 e. The highest BCUT2D eigenvalue weighted by molar-refractivity contribution is 9.10. The lowest BCUT2D eigenvalue weighted by Crippen LogP contribution is -2.32. The summed E-state index contributed by atoms with van der Waals surface area (Å²) < 4.78 is 7.03. The van der Waals surface area contributed by atoms with Crippen molar-refractivity contribution in [2.45, 2.75) is 19.8 Å². The Hall–Kier alpha value is -1.30. The first-order valence-corrected chi connectivity index (χ1v) is 9.68. The predicted molar refractivity (Wildman–Crippen MR) is 107 cm³/mol. The topological polar surface area (TPSA) is 37.4 Å². The summed E-state index contributed by atoms with van der Waals surface area (Å²) in [5, 5.41) is 3.99. The summed E-state index contributed by atoms with van der Waals surface area (Å²) in [6.07, 6.45) is 4.19. The maximum atomic E-state index is 6.18. The molecule has 0 atom stereocenters. The number of rotatable bonds is 5. The van der Waals surface area contributed by atoms with Crippen LogP contribution in [0.3, 0.4) is 0 Å². The van der Waals surface area contributed by atoms with Crippen molar-refractivity contribution in [3.05, 3.63) is 45.5 Å². The highest BCUT2D eigenvalue weighted by Crippen LogP contribution is 2.33. The summed E-state index contributed by atoms with van der Waals surface area (Å²) in [5.74, 6) is 2.15. The second kappa shape index (κ2) is 8.39. The molecule has 6 heteroatoms. The average Bonchev–Trinajstić information content (AvgIpc) is 2.58. The van der Waals surface area contributed by atoms with Crippen molar-refractivity contribution in [2.24, 2.45) is 5.92 Å². The van der Waals surface area contributed by atoms with E-state index in [0.717, 1.165) is 47.0 Å². The van der Waals surface area contributed by atoms with Crippen LogP contribution in [0.2, 0.25) is 5.02 Å². The van der Waals surface area contributed by atoms with E-state index in [1.165, 1.54) is 12.8 Å². The van der Waals surface area contributed by atoms with Gasteiger partial charge in [0.15, 0.2) is 0 Å². The van der Waals surface area contributed by atoms with Gasteiger partial charge in [0, 0.05) is 11.2 Å². The van der Waals surface area contributed by atoms with E-state index >= 15 is 0 Å². The zero-order valence-electron chi connectivity index (χ0n) is 14.6. The molecule has 4 nitrogen and oxygen atoms in total. The third kappa shape index (κ3) is 5.09. The summed E-state index contributed by atoms with van der Waals surface area (Å²) in [4.78, 5) is 6.81. The van der Waals surface area contributed by atoms with E-state index in [-0.39, 0.29) is 0 Å². The van der Waals surface area contributed by atoms with Gasteiger partial charge in [-0.2, -0.15) is 0 Å². The average molecular weight is 425 g/mol. The number of anilines is 2. The Balaban J connectivity index is 1.71. The van der Waals surface area contributed by atoms with Crippen LogP contribution in [0, 0.1) is 12.8 Å². The molecule has 0 radical (unpaired) electrons. The molecule has 2 heterocycles. The minimum absolute atomic E-state index is 0.601. The van der Waals surface area contributed by atoms with Crippen LogP contribution in [0.4, 0.5) is 11.5 Å². The van der Waals surface area contributed by atoms with Gasteiger partial charge in [0.2, 0.25) is 0 Å². The zero-order valence-corrected chi connectivity index (χ0v) is 16.9. The summed E-state index contributed by atoms with van der Waals surface area (Å²) in [7, 11) is 2.17. The number of piperidine rings is 1. The molecule has 0 unspecified atom stereocenters. The molecule has 0 amide bonds. The maximum absolute atomic E-state index is 6.18. The largest absolute Gasteiger partial charge is 0.491 e. The normalized spacial score (nSPS) is 16.0. The lowest BCUT2D eigenvalue weighted by Gasteiger charge is -2.29. The van der Waals surface area contributed by atoms with Gasteiger partial charge in [-0.15, -0.1) is 0 Å². The van der Waals surface area contributed by atoms with Crippen molar-refractivity contribution in [1.82, 2.24) is 9.88 Å². The Morgan fingerprint density at radius 1 is 1.32 bits per heavy atom. The molecule has 1 N–H and O–H groups in total. The molecule has 3 rings (SSSR count). The van der Waals surface area contributed by atoms with E-state index in [1.807, 2.05) is 37.4 Å². The quantitative estimate of drug-likeness (QED) is 0.709. The standard InChI is InChI=1S/C19H23BrClN3O/c1-13-9-16(20)19(22-11-13)23-17-10-15(21)3-4-18(17)25-12-14-5-7-24(2)8-6-14/h3-4,9-11,14H,5-8,12H2,1-2H3,(H,22,23). The highest BCUT2D eigenvalue weighted by atomic mass is 79.9. The third-order valence-corrected chi connectivity index (χ3v) is 5.32. The molecule has 1 aromatic heterocycles. The van der Waals surface area contributed by atoms with Crippen molar-refractivity contribution in [3.63, 3.8) is 0 Å². The molecule has 1 saturated heterocycles. The molecule has 1 aliphatic heterocycles. The number of hydrogen-bond acceptors (Lipinski definition) is 4. The van der Waals surface area contributed by atoms with Gasteiger partial charge in [0.25, 0.3) is 0 Å². The van der Waals surface area contributed by atoms with Gasteiger partial charge in [-0.25, -0.2) is 4.98 Å². The molecule has 0 spiro atoms. The number of ether oxygens (including phenoxy) is 1. The lowest BCUT2D eigenvalue weighted by atomic mass is 9.98. The first kappa shape index (κ1) is 18.5. The SMILES string of the molecule is Cc1cnc(Nc2cc(Cl)ccc2OCC2CCN(C)CC2)c(Br)c1. The van der Waals surface area contributed by atoms with Crippen LogP contribution in [0.15, 0.2) is 34.9 Å². The van der Waals surface area contributed by atoms with Gasteiger partial charge in [-0.05, 0) is 91.6 Å². The molecule has 0 saturated carbocycles. The molecular weight excluding hydrogens is 402 g/mol. The number of likely N-dealkylation sites (tertiary alicyclic amines) is 1. The summed E-state index contributed by atoms with van der Waals surface area (Å²) in [5.41, 5.74) is 1.93. The fourth-order valence-corrected chi connectivity index (χ4v) is 3.65. The number of benzene rings is 1. The van der Waals surface area contributed by atoms with Crippen LogP contribution >= 0.6 is 27.5 Å². The smallest absolute Gasteiger partial charge is 0.144 e. The Labute approximate surface area is 162 Å². The monoisotopic (exact) mass is 423 g/mol. The van der Waals surface area contributed by atoms with E-state index in [2.05, 4.69) is 38.2 Å². The van der Waals surface area contributed by atoms with E-state index < -0.39 is 0 Å². The van der Waals surface area contributed by atoms with Gasteiger partial charge in [-0.3, -0.25) is 0 Å². The van der Waals surface area contributed by atoms with Gasteiger partial charge in [-0.1, -0.05) is 11.6 Å². The number of nitrogens with zero attached hydrogens (tertiary/aromatic N) is 2. The van der Waals surface area contributed by atoms with E-state index in [9.17, 15) is 0 Å². The number of pyridine rings is 1. The highest BCUT2D eigenvalue weighted by Gasteiger charge is 2.18. The van der Waals surface area contributed by atoms with Crippen LogP contribution in [0.1, 0.15) is 18.4 Å². The van der Waals surface area contributed by atoms with Crippen molar-refractivity contribution < 1.29 is 4.74 Å². The van der Waals surface area contributed by atoms with Gasteiger partial charge in [0.1, 0.15) is 11.6 Å². The second-order valence-corrected chi connectivity index (χ2v) is 7.96. The second-order valence-electron chi connectivity index (χ2n) is 6.67. The van der Waals surface area contributed by atoms with E-state index in [4.69, 9.17) is 16.3 Å².